The number of hydrogen-bond donors (Lipinski definition) is 1. The average molecular weight is 399 g/mol. The highest BCUT2D eigenvalue weighted by molar-refractivity contribution is 8.03. The number of carbonyl (C=O) groups is 2. The third kappa shape index (κ3) is 5.15. The molecule has 0 saturated heterocycles. The fraction of sp³-hybridized carbons (Fsp3) is 0.353. The Labute approximate surface area is 160 Å². The Kier molecular flexibility index (Phi) is 6.77. The highest BCUT2D eigenvalue weighted by Crippen LogP contribution is 2.39. The van der Waals surface area contributed by atoms with Gasteiger partial charge in [-0.05, 0) is 31.5 Å². The number of esters is 1. The lowest BCUT2D eigenvalue weighted by Crippen LogP contribution is -2.31. The number of nitrogens with one attached hydrogen (secondary N) is 1. The molecule has 1 aromatic carbocycles. The normalized spacial score (nSPS) is 17.3. The van der Waals surface area contributed by atoms with Gasteiger partial charge in [0, 0.05) is 22.4 Å². The molecule has 132 valence electrons. The monoisotopic (exact) mass is 398 g/mol. The SMILES string of the molecule is CC(C)OC(=O)CSC1=C(C#N)[C@H](c2ccc(Cl)cc2Cl)CC(=O)N1. The summed E-state index contributed by atoms with van der Waals surface area (Å²) in [5.41, 5.74) is 1.02. The first-order valence-electron chi connectivity index (χ1n) is 7.53. The second-order valence-corrected chi connectivity index (χ2v) is 7.48. The Balaban J connectivity index is 2.29. The molecule has 1 N–H and O–H groups in total. The minimum absolute atomic E-state index is 0.0000430. The molecule has 0 unspecified atom stereocenters. The molecule has 5 nitrogen and oxygen atoms in total. The van der Waals surface area contributed by atoms with Crippen LogP contribution in [-0.4, -0.2) is 23.7 Å². The van der Waals surface area contributed by atoms with Crippen LogP contribution in [-0.2, 0) is 14.3 Å². The van der Waals surface area contributed by atoms with Gasteiger partial charge in [-0.3, -0.25) is 9.59 Å². The maximum absolute atomic E-state index is 12.1. The largest absolute Gasteiger partial charge is 0.462 e. The van der Waals surface area contributed by atoms with E-state index in [4.69, 9.17) is 27.9 Å². The van der Waals surface area contributed by atoms with Gasteiger partial charge >= 0.3 is 5.97 Å². The summed E-state index contributed by atoms with van der Waals surface area (Å²) >= 11 is 13.2. The summed E-state index contributed by atoms with van der Waals surface area (Å²) in [6.07, 6.45) is -0.121. The van der Waals surface area contributed by atoms with Crippen molar-refractivity contribution in [3.8, 4) is 6.07 Å². The fourth-order valence-electron chi connectivity index (χ4n) is 2.41. The predicted molar refractivity (Wildman–Crippen MR) is 98.3 cm³/mol. The summed E-state index contributed by atoms with van der Waals surface area (Å²) in [7, 11) is 0. The third-order valence-electron chi connectivity index (χ3n) is 3.40. The van der Waals surface area contributed by atoms with Gasteiger partial charge in [0.25, 0.3) is 0 Å². The molecule has 0 fully saturated rings. The highest BCUT2D eigenvalue weighted by atomic mass is 35.5. The molecular formula is C17H16Cl2N2O3S. The predicted octanol–water partition coefficient (Wildman–Crippen LogP) is 4.02. The van der Waals surface area contributed by atoms with E-state index in [1.807, 2.05) is 0 Å². The Hall–Kier alpha value is -1.68. The molecule has 1 heterocycles. The Morgan fingerprint density at radius 3 is 2.80 bits per heavy atom. The quantitative estimate of drug-likeness (QED) is 0.757. The van der Waals surface area contributed by atoms with Crippen LogP contribution in [0.25, 0.3) is 0 Å². The molecule has 1 aliphatic heterocycles. The summed E-state index contributed by atoms with van der Waals surface area (Å²) < 4.78 is 5.07. The van der Waals surface area contributed by atoms with Gasteiger partial charge < -0.3 is 10.1 Å². The maximum atomic E-state index is 12.1. The van der Waals surface area contributed by atoms with Crippen molar-refractivity contribution < 1.29 is 14.3 Å². The van der Waals surface area contributed by atoms with E-state index in [0.29, 0.717) is 26.2 Å². The summed E-state index contributed by atoms with van der Waals surface area (Å²) in [6, 6.07) is 7.08. The number of ether oxygens (including phenoxy) is 1. The molecule has 0 spiro atoms. The number of amides is 1. The fourth-order valence-corrected chi connectivity index (χ4v) is 3.81. The van der Waals surface area contributed by atoms with Gasteiger partial charge in [0.2, 0.25) is 5.91 Å². The van der Waals surface area contributed by atoms with Crippen molar-refractivity contribution in [1.82, 2.24) is 5.32 Å². The number of hydrogen-bond acceptors (Lipinski definition) is 5. The van der Waals surface area contributed by atoms with Crippen LogP contribution in [0.5, 0.6) is 0 Å². The van der Waals surface area contributed by atoms with Gasteiger partial charge in [0.15, 0.2) is 0 Å². The highest BCUT2D eigenvalue weighted by Gasteiger charge is 2.31. The zero-order chi connectivity index (χ0) is 18.6. The first kappa shape index (κ1) is 19.6. The lowest BCUT2D eigenvalue weighted by molar-refractivity contribution is -0.144. The maximum Gasteiger partial charge on any atom is 0.316 e. The first-order valence-corrected chi connectivity index (χ1v) is 9.27. The average Bonchev–Trinajstić information content (AvgIpc) is 2.51. The van der Waals surface area contributed by atoms with E-state index in [9.17, 15) is 14.9 Å². The molecule has 0 aromatic heterocycles. The van der Waals surface area contributed by atoms with Gasteiger partial charge in [-0.15, -0.1) is 0 Å². The Morgan fingerprint density at radius 1 is 1.48 bits per heavy atom. The van der Waals surface area contributed by atoms with Gasteiger partial charge in [0.1, 0.15) is 0 Å². The van der Waals surface area contributed by atoms with E-state index < -0.39 is 11.9 Å². The zero-order valence-electron chi connectivity index (χ0n) is 13.6. The molecule has 1 amide bonds. The van der Waals surface area contributed by atoms with Gasteiger partial charge in [-0.1, -0.05) is 41.0 Å². The van der Waals surface area contributed by atoms with Crippen molar-refractivity contribution in [2.45, 2.75) is 32.3 Å². The number of benzene rings is 1. The summed E-state index contributed by atoms with van der Waals surface area (Å²) in [6.45, 7) is 3.51. The molecule has 1 aromatic rings. The number of nitriles is 1. The smallest absolute Gasteiger partial charge is 0.316 e. The molecule has 0 aliphatic carbocycles. The van der Waals surface area contributed by atoms with E-state index in [2.05, 4.69) is 11.4 Å². The van der Waals surface area contributed by atoms with Crippen molar-refractivity contribution in [2.24, 2.45) is 0 Å². The molecule has 0 radical (unpaired) electrons. The van der Waals surface area contributed by atoms with Gasteiger partial charge in [0.05, 0.1) is 28.5 Å². The molecule has 8 heteroatoms. The van der Waals surface area contributed by atoms with Gasteiger partial charge in [-0.2, -0.15) is 5.26 Å². The first-order chi connectivity index (χ1) is 11.8. The van der Waals surface area contributed by atoms with E-state index in [-0.39, 0.29) is 24.2 Å². The van der Waals surface area contributed by atoms with Crippen LogP contribution in [0.15, 0.2) is 28.8 Å². The second kappa shape index (κ2) is 8.61. The number of halogens is 2. The van der Waals surface area contributed by atoms with Crippen molar-refractivity contribution >= 4 is 46.8 Å². The van der Waals surface area contributed by atoms with Crippen LogP contribution in [0.3, 0.4) is 0 Å². The summed E-state index contributed by atoms with van der Waals surface area (Å²) in [5.74, 6) is -1.13. The Bertz CT molecular complexity index is 772. The molecule has 25 heavy (non-hydrogen) atoms. The lowest BCUT2D eigenvalue weighted by atomic mass is 9.87. The van der Waals surface area contributed by atoms with Crippen molar-refractivity contribution in [1.29, 1.82) is 5.26 Å². The van der Waals surface area contributed by atoms with Crippen molar-refractivity contribution in [3.63, 3.8) is 0 Å². The second-order valence-electron chi connectivity index (χ2n) is 5.65. The molecular weight excluding hydrogens is 383 g/mol. The van der Waals surface area contributed by atoms with Gasteiger partial charge in [-0.25, -0.2) is 0 Å². The van der Waals surface area contributed by atoms with Crippen LogP contribution < -0.4 is 5.32 Å². The molecule has 1 atom stereocenters. The topological polar surface area (TPSA) is 79.2 Å². The van der Waals surface area contributed by atoms with Crippen LogP contribution in [0.2, 0.25) is 10.0 Å². The van der Waals surface area contributed by atoms with E-state index in [1.165, 1.54) is 0 Å². The summed E-state index contributed by atoms with van der Waals surface area (Å²) in [4.78, 5) is 23.8. The van der Waals surface area contributed by atoms with E-state index >= 15 is 0 Å². The Morgan fingerprint density at radius 2 is 2.20 bits per heavy atom. The number of thioether (sulfide) groups is 1. The number of nitrogens with zero attached hydrogens (tertiary/aromatic N) is 1. The molecule has 0 bridgehead atoms. The number of carbonyl (C=O) groups excluding carboxylic acids is 2. The van der Waals surface area contributed by atoms with Crippen molar-refractivity contribution in [3.05, 3.63) is 44.4 Å². The van der Waals surface area contributed by atoms with Crippen LogP contribution in [0.1, 0.15) is 31.7 Å². The van der Waals surface area contributed by atoms with Crippen molar-refractivity contribution in [2.75, 3.05) is 5.75 Å². The summed E-state index contributed by atoms with van der Waals surface area (Å²) in [5, 5.41) is 13.5. The molecule has 0 saturated carbocycles. The van der Waals surface area contributed by atoms with E-state index in [0.717, 1.165) is 11.8 Å². The molecule has 2 rings (SSSR count). The number of allylic oxidation sites excluding steroid dienone is 1. The van der Waals surface area contributed by atoms with E-state index in [1.54, 1.807) is 32.0 Å². The third-order valence-corrected chi connectivity index (χ3v) is 4.95. The minimum atomic E-state index is -0.480. The minimum Gasteiger partial charge on any atom is -0.462 e. The van der Waals surface area contributed by atoms with Crippen LogP contribution in [0.4, 0.5) is 0 Å². The number of rotatable bonds is 5. The lowest BCUT2D eigenvalue weighted by Gasteiger charge is -2.25. The standard InChI is InChI=1S/C17H16Cl2N2O3S/c1-9(2)24-16(23)8-25-17-13(7-20)12(6-15(22)21-17)11-4-3-10(18)5-14(11)19/h3-5,9,12H,6,8H2,1-2H3,(H,21,22)/t12-/m0/s1. The zero-order valence-corrected chi connectivity index (χ0v) is 16.0. The molecule has 1 aliphatic rings. The van der Waals surface area contributed by atoms with Crippen LogP contribution in [0, 0.1) is 11.3 Å². The van der Waals surface area contributed by atoms with Crippen LogP contribution >= 0.6 is 35.0 Å².